The molecule has 1 amide bonds. The summed E-state index contributed by atoms with van der Waals surface area (Å²) in [6, 6.07) is 21.8. The Bertz CT molecular complexity index is 1710. The highest BCUT2D eigenvalue weighted by Gasteiger charge is 2.31. The van der Waals surface area contributed by atoms with Crippen molar-refractivity contribution in [3.8, 4) is 16.9 Å². The number of carbonyl (C=O) groups is 2. The maximum Gasteiger partial charge on any atom is 0.335 e. The van der Waals surface area contributed by atoms with E-state index in [0.717, 1.165) is 34.7 Å². The van der Waals surface area contributed by atoms with Crippen LogP contribution in [0.25, 0.3) is 28.0 Å². The topological polar surface area (TPSA) is 79.3 Å². The third-order valence-corrected chi connectivity index (χ3v) is 9.70. The Morgan fingerprint density at radius 2 is 1.84 bits per heavy atom. The molecule has 220 valence electrons. The van der Waals surface area contributed by atoms with Gasteiger partial charge in [0.05, 0.1) is 30.3 Å². The fourth-order valence-electron chi connectivity index (χ4n) is 5.15. The van der Waals surface area contributed by atoms with Crippen molar-refractivity contribution in [2.45, 2.75) is 13.0 Å². The number of thiocarbonyl (C=S) groups is 1. The number of carboxylic acid groups (broad SMARTS) is 1. The first-order chi connectivity index (χ1) is 20.9. The molecule has 2 fully saturated rings. The van der Waals surface area contributed by atoms with Gasteiger partial charge in [-0.25, -0.2) is 4.79 Å². The number of hydrogen-bond acceptors (Lipinski definition) is 8. The minimum absolute atomic E-state index is 0.0885. The molecule has 2 saturated heterocycles. The van der Waals surface area contributed by atoms with E-state index in [1.54, 1.807) is 34.4 Å². The average Bonchev–Trinajstić information content (AvgIpc) is 3.59. The van der Waals surface area contributed by atoms with Gasteiger partial charge in [0.25, 0.3) is 5.91 Å². The summed E-state index contributed by atoms with van der Waals surface area (Å²) in [4.78, 5) is 30.3. The van der Waals surface area contributed by atoms with Gasteiger partial charge in [-0.2, -0.15) is 0 Å². The summed E-state index contributed by atoms with van der Waals surface area (Å²) in [5, 5.41) is 14.0. The van der Waals surface area contributed by atoms with Crippen LogP contribution in [-0.2, 0) is 16.1 Å². The van der Waals surface area contributed by atoms with Gasteiger partial charge >= 0.3 is 5.97 Å². The second-order valence-corrected chi connectivity index (χ2v) is 13.0. The highest BCUT2D eigenvalue weighted by atomic mass is 32.2. The van der Waals surface area contributed by atoms with Gasteiger partial charge in [0.2, 0.25) is 0 Å². The standard InChI is InChI=1S/C33H30N2O5S3/c36-31-30(19-28-18-27(21-42-28)24-7-6-22-4-1-2-5-23(22)16-24)43-33(41)35(31)10-3-13-40-29-9-8-25(32(37)38)17-26(29)20-34-11-14-39-15-12-34/h1-2,4-9,16-19,21H,3,10-15,20H2,(H,37,38). The third-order valence-electron chi connectivity index (χ3n) is 7.44. The summed E-state index contributed by atoms with van der Waals surface area (Å²) in [5.74, 6) is -0.402. The predicted molar refractivity (Wildman–Crippen MR) is 177 cm³/mol. The van der Waals surface area contributed by atoms with E-state index >= 15 is 0 Å². The van der Waals surface area contributed by atoms with Crippen LogP contribution in [0, 0.1) is 0 Å². The van der Waals surface area contributed by atoms with E-state index in [4.69, 9.17) is 21.7 Å². The number of ether oxygens (including phenoxy) is 2. The number of morpholine rings is 1. The fraction of sp³-hybridized carbons (Fsp3) is 0.242. The molecule has 10 heteroatoms. The number of nitrogens with zero attached hydrogens (tertiary/aromatic N) is 2. The Balaban J connectivity index is 1.06. The lowest BCUT2D eigenvalue weighted by molar-refractivity contribution is -0.122. The maximum absolute atomic E-state index is 13.2. The summed E-state index contributed by atoms with van der Waals surface area (Å²) in [6.07, 6.45) is 2.51. The molecule has 1 aromatic heterocycles. The van der Waals surface area contributed by atoms with Crippen LogP contribution in [0.5, 0.6) is 5.75 Å². The van der Waals surface area contributed by atoms with Gasteiger partial charge in [0, 0.05) is 36.6 Å². The number of benzene rings is 3. The van der Waals surface area contributed by atoms with Crippen LogP contribution in [0.1, 0.15) is 27.2 Å². The van der Waals surface area contributed by atoms with Gasteiger partial charge in [0.15, 0.2) is 0 Å². The van der Waals surface area contributed by atoms with Crippen molar-refractivity contribution in [3.05, 3.63) is 93.0 Å². The molecule has 3 heterocycles. The summed E-state index contributed by atoms with van der Waals surface area (Å²) in [5.41, 5.74) is 3.33. The first-order valence-corrected chi connectivity index (χ1v) is 16.2. The quantitative estimate of drug-likeness (QED) is 0.117. The molecule has 0 radical (unpaired) electrons. The molecule has 6 rings (SSSR count). The smallest absolute Gasteiger partial charge is 0.335 e. The number of carbonyl (C=O) groups excluding carboxylic acids is 1. The number of aromatic carboxylic acids is 1. The first kappa shape index (κ1) is 29.5. The number of hydrogen-bond donors (Lipinski definition) is 1. The van der Waals surface area contributed by atoms with Gasteiger partial charge in [-0.15, -0.1) is 11.3 Å². The summed E-state index contributed by atoms with van der Waals surface area (Å²) >= 11 is 8.48. The molecule has 2 aliphatic rings. The number of amides is 1. The van der Waals surface area contributed by atoms with E-state index in [1.807, 2.05) is 18.2 Å². The van der Waals surface area contributed by atoms with E-state index in [0.29, 0.717) is 54.3 Å². The fourth-order valence-corrected chi connectivity index (χ4v) is 7.37. The SMILES string of the molecule is O=C(O)c1ccc(OCCCN2C(=O)C(=Cc3cc(-c4ccc5ccccc5c4)cs3)SC2=S)c(CN2CCOCC2)c1. The number of rotatable bonds is 10. The molecule has 0 aliphatic carbocycles. The molecule has 1 N–H and O–H groups in total. The zero-order valence-corrected chi connectivity index (χ0v) is 25.8. The zero-order chi connectivity index (χ0) is 29.8. The van der Waals surface area contributed by atoms with Crippen molar-refractivity contribution in [2.75, 3.05) is 39.5 Å². The average molecular weight is 631 g/mol. The minimum Gasteiger partial charge on any atom is -0.493 e. The highest BCUT2D eigenvalue weighted by molar-refractivity contribution is 8.26. The molecule has 2 aliphatic heterocycles. The molecule has 0 unspecified atom stereocenters. The van der Waals surface area contributed by atoms with Gasteiger partial charge < -0.3 is 14.6 Å². The molecule has 3 aromatic carbocycles. The molecular weight excluding hydrogens is 601 g/mol. The maximum atomic E-state index is 13.2. The van der Waals surface area contributed by atoms with Crippen LogP contribution < -0.4 is 4.74 Å². The Morgan fingerprint density at radius 3 is 2.65 bits per heavy atom. The summed E-state index contributed by atoms with van der Waals surface area (Å²) in [7, 11) is 0. The second-order valence-electron chi connectivity index (χ2n) is 10.4. The van der Waals surface area contributed by atoms with E-state index < -0.39 is 5.97 Å². The van der Waals surface area contributed by atoms with Crippen molar-refractivity contribution >= 4 is 68.4 Å². The van der Waals surface area contributed by atoms with Gasteiger partial charge in [-0.1, -0.05) is 60.4 Å². The molecule has 0 bridgehead atoms. The van der Waals surface area contributed by atoms with Crippen LogP contribution in [0.2, 0.25) is 0 Å². The lowest BCUT2D eigenvalue weighted by atomic mass is 10.0. The van der Waals surface area contributed by atoms with Gasteiger partial charge in [0.1, 0.15) is 10.1 Å². The monoisotopic (exact) mass is 630 g/mol. The largest absolute Gasteiger partial charge is 0.493 e. The normalized spacial score (nSPS) is 16.8. The Kier molecular flexibility index (Phi) is 9.20. The van der Waals surface area contributed by atoms with Crippen molar-refractivity contribution in [1.82, 2.24) is 9.80 Å². The molecular formula is C33H30N2O5S3. The molecule has 0 atom stereocenters. The van der Waals surface area contributed by atoms with Crippen molar-refractivity contribution in [1.29, 1.82) is 0 Å². The van der Waals surface area contributed by atoms with Gasteiger partial charge in [-0.05, 0) is 70.1 Å². The number of thiophene rings is 1. The Labute approximate surface area is 263 Å². The molecule has 4 aromatic rings. The van der Waals surface area contributed by atoms with E-state index in [1.165, 1.54) is 22.5 Å². The van der Waals surface area contributed by atoms with E-state index in [9.17, 15) is 14.7 Å². The zero-order valence-electron chi connectivity index (χ0n) is 23.4. The van der Waals surface area contributed by atoms with E-state index in [2.05, 4.69) is 46.7 Å². The Morgan fingerprint density at radius 1 is 1.02 bits per heavy atom. The number of carboxylic acids is 1. The summed E-state index contributed by atoms with van der Waals surface area (Å²) < 4.78 is 12.1. The molecule has 0 saturated carbocycles. The van der Waals surface area contributed by atoms with E-state index in [-0.39, 0.29) is 11.5 Å². The van der Waals surface area contributed by atoms with Crippen molar-refractivity contribution < 1.29 is 24.2 Å². The van der Waals surface area contributed by atoms with Crippen molar-refractivity contribution in [2.24, 2.45) is 0 Å². The van der Waals surface area contributed by atoms with Crippen LogP contribution >= 0.6 is 35.3 Å². The molecule has 0 spiro atoms. The lowest BCUT2D eigenvalue weighted by Gasteiger charge is -2.27. The number of thioether (sulfide) groups is 1. The number of fused-ring (bicyclic) bond motifs is 1. The third kappa shape index (κ3) is 7.00. The summed E-state index contributed by atoms with van der Waals surface area (Å²) in [6.45, 7) is 4.30. The van der Waals surface area contributed by atoms with Crippen LogP contribution in [-0.4, -0.2) is 70.6 Å². The van der Waals surface area contributed by atoms with Crippen LogP contribution in [0.15, 0.2) is 77.0 Å². The molecule has 7 nitrogen and oxygen atoms in total. The molecule has 43 heavy (non-hydrogen) atoms. The highest BCUT2D eigenvalue weighted by Crippen LogP contribution is 2.35. The minimum atomic E-state index is -0.968. The first-order valence-electron chi connectivity index (χ1n) is 14.1. The second kappa shape index (κ2) is 13.4. The Hall–Kier alpha value is -3.54. The van der Waals surface area contributed by atoms with Gasteiger partial charge in [-0.3, -0.25) is 14.6 Å². The predicted octanol–water partition coefficient (Wildman–Crippen LogP) is 6.77. The lowest BCUT2D eigenvalue weighted by Crippen LogP contribution is -2.35. The van der Waals surface area contributed by atoms with Crippen LogP contribution in [0.3, 0.4) is 0 Å². The van der Waals surface area contributed by atoms with Crippen molar-refractivity contribution in [3.63, 3.8) is 0 Å². The van der Waals surface area contributed by atoms with Crippen LogP contribution in [0.4, 0.5) is 0 Å².